The van der Waals surface area contributed by atoms with Crippen LogP contribution >= 0.6 is 0 Å². The lowest BCUT2D eigenvalue weighted by molar-refractivity contribution is 0.828. The van der Waals surface area contributed by atoms with E-state index < -0.39 is 0 Å². The molecule has 1 unspecified atom stereocenters. The van der Waals surface area contributed by atoms with E-state index in [4.69, 9.17) is 0 Å². The molecule has 0 spiro atoms. The van der Waals surface area contributed by atoms with E-state index in [1.165, 1.54) is 55.0 Å². The number of nitrogens with one attached hydrogen (secondary N) is 1. The Labute approximate surface area is 240 Å². The van der Waals surface area contributed by atoms with Crippen LogP contribution in [0.4, 0.5) is 17.1 Å². The van der Waals surface area contributed by atoms with Gasteiger partial charge in [-0.1, -0.05) is 133 Å². The molecule has 0 aliphatic carbocycles. The summed E-state index contributed by atoms with van der Waals surface area (Å²) in [5.41, 5.74) is 9.75. The maximum Gasteiger partial charge on any atom is 0.130 e. The fraction of sp³-hybridized carbons (Fsp3) is 0.0256. The smallest absolute Gasteiger partial charge is 0.130 e. The predicted molar refractivity (Wildman–Crippen MR) is 174 cm³/mol. The van der Waals surface area contributed by atoms with E-state index in [0.29, 0.717) is 0 Å². The first kappa shape index (κ1) is 23.5. The van der Waals surface area contributed by atoms with Crippen molar-refractivity contribution in [2.45, 2.75) is 6.17 Å². The molecule has 0 radical (unpaired) electrons. The molecule has 1 aliphatic rings. The SMILES string of the molecule is c1ccc(-c2c3ccccc3c(-c3cccc(N4c5ccccc5NC4c4ccccc4)c3)c3ccccc23)cc1. The molecular formula is C39H28N2. The van der Waals surface area contributed by atoms with Crippen molar-refractivity contribution < 1.29 is 0 Å². The fourth-order valence-electron chi connectivity index (χ4n) is 6.48. The number of rotatable bonds is 4. The van der Waals surface area contributed by atoms with Crippen molar-refractivity contribution in [3.05, 3.63) is 163 Å². The zero-order chi connectivity index (χ0) is 27.2. The van der Waals surface area contributed by atoms with E-state index in [9.17, 15) is 0 Å². The lowest BCUT2D eigenvalue weighted by Gasteiger charge is -2.28. The van der Waals surface area contributed by atoms with Gasteiger partial charge in [0.1, 0.15) is 6.17 Å². The molecule has 1 N–H and O–H groups in total. The zero-order valence-corrected chi connectivity index (χ0v) is 22.5. The van der Waals surface area contributed by atoms with Crippen LogP contribution in [0.3, 0.4) is 0 Å². The van der Waals surface area contributed by atoms with Gasteiger partial charge in [-0.2, -0.15) is 0 Å². The second-order valence-electron chi connectivity index (χ2n) is 10.6. The van der Waals surface area contributed by atoms with Gasteiger partial charge in [0.2, 0.25) is 0 Å². The summed E-state index contributed by atoms with van der Waals surface area (Å²) in [7, 11) is 0. The molecule has 1 heterocycles. The Morgan fingerprint density at radius 2 is 0.951 bits per heavy atom. The molecule has 8 rings (SSSR count). The van der Waals surface area contributed by atoms with E-state index in [1.54, 1.807) is 0 Å². The molecule has 0 aromatic heterocycles. The number of nitrogens with zero attached hydrogens (tertiary/aromatic N) is 1. The molecule has 0 fully saturated rings. The highest BCUT2D eigenvalue weighted by molar-refractivity contribution is 6.21. The summed E-state index contributed by atoms with van der Waals surface area (Å²) in [4.78, 5) is 2.43. The molecule has 0 bridgehead atoms. The fourth-order valence-corrected chi connectivity index (χ4v) is 6.48. The summed E-state index contributed by atoms with van der Waals surface area (Å²) in [6.07, 6.45) is 0.0118. The molecule has 2 nitrogen and oxygen atoms in total. The number of fused-ring (bicyclic) bond motifs is 3. The Morgan fingerprint density at radius 3 is 1.61 bits per heavy atom. The summed E-state index contributed by atoms with van der Waals surface area (Å²) in [5, 5.41) is 8.84. The third-order valence-electron chi connectivity index (χ3n) is 8.24. The van der Waals surface area contributed by atoms with Gasteiger partial charge in [0, 0.05) is 5.69 Å². The average Bonchev–Trinajstić information content (AvgIpc) is 3.44. The predicted octanol–water partition coefficient (Wildman–Crippen LogP) is 10.6. The van der Waals surface area contributed by atoms with E-state index in [-0.39, 0.29) is 6.17 Å². The standard InChI is InChI=1S/C39H28N2/c1-3-14-27(15-4-1)37-31-20-7-9-22-33(31)38(34-23-10-8-21-32(34)37)29-18-13-19-30(26-29)41-36-25-12-11-24-35(36)40-39(41)28-16-5-2-6-17-28/h1-26,39-40H. The van der Waals surface area contributed by atoms with Gasteiger partial charge in [0.25, 0.3) is 0 Å². The second-order valence-corrected chi connectivity index (χ2v) is 10.6. The van der Waals surface area contributed by atoms with Crippen LogP contribution in [-0.2, 0) is 0 Å². The first-order valence-electron chi connectivity index (χ1n) is 14.2. The van der Waals surface area contributed by atoms with Crippen molar-refractivity contribution in [1.82, 2.24) is 0 Å². The van der Waals surface area contributed by atoms with Gasteiger partial charge in [-0.3, -0.25) is 0 Å². The van der Waals surface area contributed by atoms with Crippen molar-refractivity contribution in [2.24, 2.45) is 0 Å². The highest BCUT2D eigenvalue weighted by Crippen LogP contribution is 2.48. The summed E-state index contributed by atoms with van der Waals surface area (Å²) in [5.74, 6) is 0. The van der Waals surface area contributed by atoms with Gasteiger partial charge < -0.3 is 10.2 Å². The van der Waals surface area contributed by atoms with Gasteiger partial charge >= 0.3 is 0 Å². The highest BCUT2D eigenvalue weighted by atomic mass is 15.3. The van der Waals surface area contributed by atoms with Crippen LogP contribution in [0.25, 0.3) is 43.8 Å². The Kier molecular flexibility index (Phi) is 5.56. The minimum absolute atomic E-state index is 0.0118. The number of hydrogen-bond donors (Lipinski definition) is 1. The molecule has 194 valence electrons. The maximum absolute atomic E-state index is 3.77. The Bertz CT molecular complexity index is 1970. The van der Waals surface area contributed by atoms with E-state index in [0.717, 1.165) is 11.4 Å². The van der Waals surface area contributed by atoms with Crippen LogP contribution in [0, 0.1) is 0 Å². The van der Waals surface area contributed by atoms with Crippen LogP contribution in [0.2, 0.25) is 0 Å². The quantitative estimate of drug-likeness (QED) is 0.230. The minimum atomic E-state index is 0.0118. The van der Waals surface area contributed by atoms with Crippen LogP contribution in [-0.4, -0.2) is 0 Å². The van der Waals surface area contributed by atoms with Crippen LogP contribution in [0.15, 0.2) is 158 Å². The van der Waals surface area contributed by atoms with Crippen molar-refractivity contribution in [1.29, 1.82) is 0 Å². The van der Waals surface area contributed by atoms with Gasteiger partial charge in [0.15, 0.2) is 0 Å². The largest absolute Gasteiger partial charge is 0.359 e. The summed E-state index contributed by atoms with van der Waals surface area (Å²) >= 11 is 0. The van der Waals surface area contributed by atoms with E-state index >= 15 is 0 Å². The van der Waals surface area contributed by atoms with Crippen molar-refractivity contribution in [3.8, 4) is 22.3 Å². The highest BCUT2D eigenvalue weighted by Gasteiger charge is 2.31. The van der Waals surface area contributed by atoms with Crippen LogP contribution in [0.5, 0.6) is 0 Å². The lowest BCUT2D eigenvalue weighted by Crippen LogP contribution is -2.23. The molecule has 0 saturated heterocycles. The van der Waals surface area contributed by atoms with E-state index in [1.807, 2.05) is 0 Å². The Balaban J connectivity index is 1.37. The molecule has 0 amide bonds. The first-order chi connectivity index (χ1) is 20.4. The Morgan fingerprint density at radius 1 is 0.439 bits per heavy atom. The molecule has 7 aromatic rings. The van der Waals surface area contributed by atoms with Gasteiger partial charge in [-0.25, -0.2) is 0 Å². The van der Waals surface area contributed by atoms with E-state index in [2.05, 4.69) is 168 Å². The van der Waals surface area contributed by atoms with Gasteiger partial charge in [-0.05, 0) is 73.6 Å². The average molecular weight is 525 g/mol. The Hall–Kier alpha value is -5.34. The molecule has 2 heteroatoms. The number of para-hydroxylation sites is 2. The number of anilines is 3. The zero-order valence-electron chi connectivity index (χ0n) is 22.5. The number of benzene rings is 7. The summed E-state index contributed by atoms with van der Waals surface area (Å²) in [6, 6.07) is 56.8. The molecule has 41 heavy (non-hydrogen) atoms. The van der Waals surface area contributed by atoms with Crippen molar-refractivity contribution in [2.75, 3.05) is 10.2 Å². The van der Waals surface area contributed by atoms with Gasteiger partial charge in [-0.15, -0.1) is 0 Å². The topological polar surface area (TPSA) is 15.3 Å². The van der Waals surface area contributed by atoms with Crippen molar-refractivity contribution in [3.63, 3.8) is 0 Å². The summed E-state index contributed by atoms with van der Waals surface area (Å²) in [6.45, 7) is 0. The third kappa shape index (κ3) is 3.88. The van der Waals surface area contributed by atoms with Crippen molar-refractivity contribution >= 4 is 38.6 Å². The number of hydrogen-bond acceptors (Lipinski definition) is 2. The molecule has 1 atom stereocenters. The third-order valence-corrected chi connectivity index (χ3v) is 8.24. The molecular weight excluding hydrogens is 496 g/mol. The first-order valence-corrected chi connectivity index (χ1v) is 14.2. The lowest BCUT2D eigenvalue weighted by atomic mass is 9.86. The molecule has 7 aromatic carbocycles. The van der Waals surface area contributed by atoms with Gasteiger partial charge in [0.05, 0.1) is 11.4 Å². The molecule has 1 aliphatic heterocycles. The molecule has 0 saturated carbocycles. The maximum atomic E-state index is 3.77. The van der Waals surface area contributed by atoms with Crippen LogP contribution in [0.1, 0.15) is 11.7 Å². The normalized spacial score (nSPS) is 14.2. The minimum Gasteiger partial charge on any atom is -0.359 e. The summed E-state index contributed by atoms with van der Waals surface area (Å²) < 4.78 is 0. The monoisotopic (exact) mass is 524 g/mol. The van der Waals surface area contributed by atoms with Crippen LogP contribution < -0.4 is 10.2 Å². The second kappa shape index (κ2) is 9.69.